The molecule has 0 spiro atoms. The Labute approximate surface area is 171 Å². The van der Waals surface area contributed by atoms with Gasteiger partial charge < -0.3 is 15.1 Å². The Kier molecular flexibility index (Phi) is 7.11. The highest BCUT2D eigenvalue weighted by Crippen LogP contribution is 2.43. The van der Waals surface area contributed by atoms with Crippen LogP contribution in [0.1, 0.15) is 25.3 Å². The summed E-state index contributed by atoms with van der Waals surface area (Å²) in [5.74, 6) is -3.55. The molecule has 2 N–H and O–H groups in total. The van der Waals surface area contributed by atoms with E-state index in [2.05, 4.69) is 10.00 Å². The number of carbonyl (C=O) groups excluding carboxylic acids is 1. The normalized spacial score (nSPS) is 24.4. The van der Waals surface area contributed by atoms with Crippen molar-refractivity contribution in [1.29, 1.82) is 0 Å². The van der Waals surface area contributed by atoms with Gasteiger partial charge in [0.2, 0.25) is 5.91 Å². The fourth-order valence-corrected chi connectivity index (χ4v) is 4.06. The Morgan fingerprint density at radius 2 is 1.90 bits per heavy atom. The molecule has 1 aromatic rings. The molecule has 30 heavy (non-hydrogen) atoms. The zero-order valence-corrected chi connectivity index (χ0v) is 16.7. The lowest BCUT2D eigenvalue weighted by atomic mass is 9.75. The van der Waals surface area contributed by atoms with Crippen LogP contribution in [0.3, 0.4) is 0 Å². The molecule has 12 heteroatoms. The Morgan fingerprint density at radius 3 is 2.37 bits per heavy atom. The third-order valence-electron chi connectivity index (χ3n) is 5.55. The fraction of sp³-hybridized carbons (Fsp3) is 0.667. The maximum Gasteiger partial charge on any atom is 0.490 e. The molecule has 0 aliphatic carbocycles. The number of aryl methyl sites for hydroxylation is 1. The van der Waals surface area contributed by atoms with Crippen molar-refractivity contribution in [3.8, 4) is 0 Å². The molecular formula is C18H25F3N4O5. The zero-order chi connectivity index (χ0) is 22.7. The molecule has 168 valence electrons. The molecule has 2 aliphatic rings. The van der Waals surface area contributed by atoms with Crippen LogP contribution in [0.2, 0.25) is 0 Å². The summed E-state index contributed by atoms with van der Waals surface area (Å²) in [5.41, 5.74) is 0.353. The highest BCUT2D eigenvalue weighted by Gasteiger charge is 2.53. The second-order valence-corrected chi connectivity index (χ2v) is 7.72. The summed E-state index contributed by atoms with van der Waals surface area (Å²) in [5, 5.41) is 21.2. The number of hydrogen-bond donors (Lipinski definition) is 2. The molecular weight excluding hydrogens is 409 g/mol. The number of aromatic nitrogens is 2. The fourth-order valence-electron chi connectivity index (χ4n) is 4.06. The van der Waals surface area contributed by atoms with Gasteiger partial charge in [-0.05, 0) is 19.4 Å². The third kappa shape index (κ3) is 5.49. The number of nitrogens with zero attached hydrogens (tertiary/aromatic N) is 4. The number of aliphatic carboxylic acids is 2. The van der Waals surface area contributed by atoms with E-state index in [1.807, 2.05) is 19.4 Å². The average Bonchev–Trinajstić information content (AvgIpc) is 3.14. The van der Waals surface area contributed by atoms with E-state index >= 15 is 0 Å². The summed E-state index contributed by atoms with van der Waals surface area (Å²) in [6.07, 6.45) is 0.243. The number of likely N-dealkylation sites (tertiary alicyclic amines) is 2. The van der Waals surface area contributed by atoms with Crippen molar-refractivity contribution < 1.29 is 37.8 Å². The molecule has 0 aromatic carbocycles. The highest BCUT2D eigenvalue weighted by molar-refractivity contribution is 5.80. The lowest BCUT2D eigenvalue weighted by molar-refractivity contribution is -0.192. The summed E-state index contributed by atoms with van der Waals surface area (Å²) in [6.45, 7) is 4.80. The number of carbonyl (C=O) groups is 3. The molecule has 0 bridgehead atoms. The number of hydrogen-bond acceptors (Lipinski definition) is 5. The SMILES string of the molecule is CC(=O)N1C[C@@H]2CN(Cc3cnn(C)c3)CCC[C@]2(C(=O)O)C1.O=C(O)C(F)(F)F. The monoisotopic (exact) mass is 434 g/mol. The summed E-state index contributed by atoms with van der Waals surface area (Å²) in [6, 6.07) is 0. The van der Waals surface area contributed by atoms with E-state index in [4.69, 9.17) is 9.90 Å². The van der Waals surface area contributed by atoms with E-state index in [9.17, 15) is 27.9 Å². The summed E-state index contributed by atoms with van der Waals surface area (Å²) >= 11 is 0. The number of carboxylic acids is 2. The smallest absolute Gasteiger partial charge is 0.481 e. The minimum Gasteiger partial charge on any atom is -0.481 e. The molecule has 1 amide bonds. The van der Waals surface area contributed by atoms with Crippen LogP contribution in [0.4, 0.5) is 13.2 Å². The predicted molar refractivity (Wildman–Crippen MR) is 97.2 cm³/mol. The van der Waals surface area contributed by atoms with Crippen LogP contribution in [0.25, 0.3) is 0 Å². The standard InChI is InChI=1S/C16H24N4O3.C2HF3O2/c1-12(21)20-10-14-9-19(8-13-6-17-18(2)7-13)5-3-4-16(14,11-20)15(22)23;3-2(4,5)1(6)7/h6-7,14H,3-5,8-11H2,1-2H3,(H,22,23);(H,6,7)/t14-,16-;/m0./s1. The van der Waals surface area contributed by atoms with Gasteiger partial charge in [-0.15, -0.1) is 0 Å². The van der Waals surface area contributed by atoms with E-state index in [0.29, 0.717) is 26.1 Å². The molecule has 9 nitrogen and oxygen atoms in total. The number of halogens is 3. The molecule has 2 atom stereocenters. The van der Waals surface area contributed by atoms with Gasteiger partial charge in [0, 0.05) is 57.8 Å². The molecule has 3 rings (SSSR count). The second-order valence-electron chi connectivity index (χ2n) is 7.72. The Morgan fingerprint density at radius 1 is 1.27 bits per heavy atom. The van der Waals surface area contributed by atoms with E-state index in [-0.39, 0.29) is 11.8 Å². The molecule has 1 aromatic heterocycles. The van der Waals surface area contributed by atoms with E-state index in [0.717, 1.165) is 25.1 Å². The van der Waals surface area contributed by atoms with Crippen molar-refractivity contribution in [3.05, 3.63) is 18.0 Å². The van der Waals surface area contributed by atoms with E-state index in [1.165, 1.54) is 6.92 Å². The van der Waals surface area contributed by atoms with Crippen LogP contribution in [-0.4, -0.2) is 80.0 Å². The van der Waals surface area contributed by atoms with Crippen molar-refractivity contribution in [3.63, 3.8) is 0 Å². The largest absolute Gasteiger partial charge is 0.490 e. The van der Waals surface area contributed by atoms with Gasteiger partial charge in [-0.1, -0.05) is 0 Å². The Bertz CT molecular complexity index is 797. The molecule has 2 fully saturated rings. The topological polar surface area (TPSA) is 116 Å². The number of carboxylic acid groups (broad SMARTS) is 2. The van der Waals surface area contributed by atoms with Crippen LogP contribution in [0.5, 0.6) is 0 Å². The first kappa shape index (κ1) is 23.6. The van der Waals surface area contributed by atoms with Gasteiger partial charge in [-0.2, -0.15) is 18.3 Å². The first-order valence-corrected chi connectivity index (χ1v) is 9.34. The molecule has 0 radical (unpaired) electrons. The third-order valence-corrected chi connectivity index (χ3v) is 5.55. The number of alkyl halides is 3. The van der Waals surface area contributed by atoms with Crippen LogP contribution < -0.4 is 0 Å². The maximum absolute atomic E-state index is 12.0. The average molecular weight is 434 g/mol. The minimum absolute atomic E-state index is 0.0110. The molecule has 0 saturated carbocycles. The molecule has 2 saturated heterocycles. The van der Waals surface area contributed by atoms with E-state index < -0.39 is 23.5 Å². The Balaban J connectivity index is 0.000000396. The van der Waals surface area contributed by atoms with Crippen LogP contribution in [-0.2, 0) is 28.0 Å². The van der Waals surface area contributed by atoms with Crippen molar-refractivity contribution in [2.75, 3.05) is 26.2 Å². The van der Waals surface area contributed by atoms with Crippen molar-refractivity contribution >= 4 is 17.8 Å². The van der Waals surface area contributed by atoms with Gasteiger partial charge >= 0.3 is 18.1 Å². The number of fused-ring (bicyclic) bond motifs is 1. The highest BCUT2D eigenvalue weighted by atomic mass is 19.4. The second kappa shape index (κ2) is 9.02. The van der Waals surface area contributed by atoms with E-state index in [1.54, 1.807) is 9.58 Å². The van der Waals surface area contributed by atoms with Gasteiger partial charge in [0.15, 0.2) is 0 Å². The summed E-state index contributed by atoms with van der Waals surface area (Å²) in [7, 11) is 1.89. The van der Waals surface area contributed by atoms with Gasteiger partial charge in [-0.3, -0.25) is 19.2 Å². The quantitative estimate of drug-likeness (QED) is 0.734. The first-order valence-electron chi connectivity index (χ1n) is 9.34. The first-order chi connectivity index (χ1) is 13.8. The number of amides is 1. The molecule has 2 aliphatic heterocycles. The summed E-state index contributed by atoms with van der Waals surface area (Å²) in [4.78, 5) is 36.6. The molecule has 3 heterocycles. The lowest BCUT2D eigenvalue weighted by Gasteiger charge is -2.29. The van der Waals surface area contributed by atoms with Crippen molar-refractivity contribution in [2.45, 2.75) is 32.5 Å². The van der Waals surface area contributed by atoms with Crippen molar-refractivity contribution in [1.82, 2.24) is 19.6 Å². The Hall–Kier alpha value is -2.63. The lowest BCUT2D eigenvalue weighted by Crippen LogP contribution is -2.41. The van der Waals surface area contributed by atoms with Gasteiger partial charge in [0.25, 0.3) is 0 Å². The number of rotatable bonds is 3. The van der Waals surface area contributed by atoms with Gasteiger partial charge in [0.05, 0.1) is 11.6 Å². The maximum atomic E-state index is 12.0. The van der Waals surface area contributed by atoms with Crippen LogP contribution >= 0.6 is 0 Å². The molecule has 0 unspecified atom stereocenters. The summed E-state index contributed by atoms with van der Waals surface area (Å²) < 4.78 is 33.5. The predicted octanol–water partition coefficient (Wildman–Crippen LogP) is 1.20. The minimum atomic E-state index is -5.08. The van der Waals surface area contributed by atoms with Gasteiger partial charge in [-0.25, -0.2) is 4.79 Å². The van der Waals surface area contributed by atoms with Gasteiger partial charge in [0.1, 0.15) is 0 Å². The van der Waals surface area contributed by atoms with Crippen LogP contribution in [0.15, 0.2) is 12.4 Å². The van der Waals surface area contributed by atoms with Crippen LogP contribution in [0, 0.1) is 11.3 Å². The zero-order valence-electron chi connectivity index (χ0n) is 16.7. The van der Waals surface area contributed by atoms with Crippen molar-refractivity contribution in [2.24, 2.45) is 18.4 Å².